The molecule has 112 valence electrons. The average molecular weight is 280 g/mol. The van der Waals surface area contributed by atoms with E-state index >= 15 is 0 Å². The fourth-order valence-electron chi connectivity index (χ4n) is 1.67. The maximum Gasteiger partial charge on any atom is 0.257 e. The van der Waals surface area contributed by atoms with Gasteiger partial charge in [-0.3, -0.25) is 4.79 Å². The summed E-state index contributed by atoms with van der Waals surface area (Å²) in [6.45, 7) is 5.63. The Morgan fingerprint density at radius 2 is 2.05 bits per heavy atom. The third-order valence-corrected chi connectivity index (χ3v) is 2.75. The van der Waals surface area contributed by atoms with Crippen molar-refractivity contribution in [3.05, 3.63) is 23.8 Å². The maximum absolute atomic E-state index is 11.6. The number of nitrogens with two attached hydrogens (primary N) is 1. The van der Waals surface area contributed by atoms with Gasteiger partial charge in [0.05, 0.1) is 6.61 Å². The van der Waals surface area contributed by atoms with Crippen LogP contribution in [0.1, 0.15) is 32.3 Å². The van der Waals surface area contributed by atoms with Crippen LogP contribution in [0, 0.1) is 0 Å². The van der Waals surface area contributed by atoms with Gasteiger partial charge in [-0.05, 0) is 31.0 Å². The summed E-state index contributed by atoms with van der Waals surface area (Å²) in [6.07, 6.45) is 2.03. The zero-order valence-electron chi connectivity index (χ0n) is 12.3. The molecule has 0 saturated heterocycles. The molecule has 0 saturated carbocycles. The highest BCUT2D eigenvalue weighted by Gasteiger charge is 2.08. The quantitative estimate of drug-likeness (QED) is 0.677. The van der Waals surface area contributed by atoms with Crippen molar-refractivity contribution in [1.82, 2.24) is 5.32 Å². The summed E-state index contributed by atoms with van der Waals surface area (Å²) < 4.78 is 11.0. The first-order valence-corrected chi connectivity index (χ1v) is 7.06. The Kier molecular flexibility index (Phi) is 7.50. The average Bonchev–Trinajstić information content (AvgIpc) is 2.46. The van der Waals surface area contributed by atoms with Crippen molar-refractivity contribution in [3.63, 3.8) is 0 Å². The largest absolute Gasteiger partial charge is 0.490 e. The molecule has 0 radical (unpaired) electrons. The minimum Gasteiger partial charge on any atom is -0.490 e. The van der Waals surface area contributed by atoms with Gasteiger partial charge in [0.1, 0.15) is 0 Å². The van der Waals surface area contributed by atoms with Crippen molar-refractivity contribution >= 4 is 5.91 Å². The molecule has 0 unspecified atom stereocenters. The van der Waals surface area contributed by atoms with E-state index in [2.05, 4.69) is 12.2 Å². The van der Waals surface area contributed by atoms with E-state index in [1.807, 2.05) is 19.1 Å². The highest BCUT2D eigenvalue weighted by Crippen LogP contribution is 2.28. The first-order valence-electron chi connectivity index (χ1n) is 7.06. The molecule has 0 aliphatic heterocycles. The summed E-state index contributed by atoms with van der Waals surface area (Å²) >= 11 is 0. The van der Waals surface area contributed by atoms with E-state index in [9.17, 15) is 4.79 Å². The number of rotatable bonds is 9. The number of carbonyl (C=O) groups excluding carboxylic acids is 1. The van der Waals surface area contributed by atoms with Crippen LogP contribution in [-0.4, -0.2) is 25.7 Å². The summed E-state index contributed by atoms with van der Waals surface area (Å²) in [6, 6.07) is 5.49. The molecule has 1 aromatic rings. The van der Waals surface area contributed by atoms with Crippen molar-refractivity contribution in [1.29, 1.82) is 0 Å². The van der Waals surface area contributed by atoms with Crippen LogP contribution < -0.4 is 20.5 Å². The van der Waals surface area contributed by atoms with Gasteiger partial charge in [0.15, 0.2) is 18.1 Å². The lowest BCUT2D eigenvalue weighted by Gasteiger charge is -2.13. The van der Waals surface area contributed by atoms with Crippen LogP contribution in [0.4, 0.5) is 0 Å². The lowest BCUT2D eigenvalue weighted by Crippen LogP contribution is -2.29. The lowest BCUT2D eigenvalue weighted by molar-refractivity contribution is -0.123. The molecule has 0 aromatic heterocycles. The molecule has 1 amide bonds. The van der Waals surface area contributed by atoms with Gasteiger partial charge in [-0.2, -0.15) is 0 Å². The summed E-state index contributed by atoms with van der Waals surface area (Å²) in [5.41, 5.74) is 6.56. The van der Waals surface area contributed by atoms with E-state index < -0.39 is 0 Å². The molecule has 5 heteroatoms. The molecule has 0 spiro atoms. The summed E-state index contributed by atoms with van der Waals surface area (Å²) in [4.78, 5) is 11.6. The van der Waals surface area contributed by atoms with Crippen LogP contribution in [-0.2, 0) is 11.3 Å². The molecule has 0 aliphatic rings. The Hall–Kier alpha value is -1.75. The predicted octanol–water partition coefficient (Wildman–Crippen LogP) is 1.84. The monoisotopic (exact) mass is 280 g/mol. The van der Waals surface area contributed by atoms with Gasteiger partial charge in [-0.25, -0.2) is 0 Å². The Bertz CT molecular complexity index is 422. The van der Waals surface area contributed by atoms with Gasteiger partial charge >= 0.3 is 0 Å². The number of nitrogens with one attached hydrogen (secondary N) is 1. The molecule has 3 N–H and O–H groups in total. The van der Waals surface area contributed by atoms with Crippen LogP contribution in [0.5, 0.6) is 11.5 Å². The first kappa shape index (κ1) is 16.3. The van der Waals surface area contributed by atoms with Gasteiger partial charge in [-0.1, -0.05) is 19.4 Å². The van der Waals surface area contributed by atoms with E-state index in [1.165, 1.54) is 0 Å². The molecule has 0 heterocycles. The minimum absolute atomic E-state index is 0.00817. The second-order valence-electron chi connectivity index (χ2n) is 4.41. The van der Waals surface area contributed by atoms with E-state index in [0.29, 0.717) is 31.2 Å². The Balaban J connectivity index is 2.55. The summed E-state index contributed by atoms with van der Waals surface area (Å²) in [5.74, 6) is 1.07. The van der Waals surface area contributed by atoms with Gasteiger partial charge < -0.3 is 20.5 Å². The van der Waals surface area contributed by atoms with Crippen molar-refractivity contribution in [3.8, 4) is 11.5 Å². The van der Waals surface area contributed by atoms with Crippen molar-refractivity contribution < 1.29 is 14.3 Å². The topological polar surface area (TPSA) is 73.6 Å². The van der Waals surface area contributed by atoms with Crippen molar-refractivity contribution in [2.45, 2.75) is 33.2 Å². The van der Waals surface area contributed by atoms with Crippen LogP contribution in [0.25, 0.3) is 0 Å². The van der Waals surface area contributed by atoms with Gasteiger partial charge in [-0.15, -0.1) is 0 Å². The molecule has 1 aromatic carbocycles. The normalized spacial score (nSPS) is 10.2. The van der Waals surface area contributed by atoms with E-state index in [1.54, 1.807) is 6.07 Å². The van der Waals surface area contributed by atoms with E-state index in [4.69, 9.17) is 15.2 Å². The fourth-order valence-corrected chi connectivity index (χ4v) is 1.67. The second-order valence-corrected chi connectivity index (χ2v) is 4.41. The Labute approximate surface area is 120 Å². The van der Waals surface area contributed by atoms with Gasteiger partial charge in [0, 0.05) is 13.1 Å². The molecular formula is C15H24N2O3. The number of hydrogen-bond donors (Lipinski definition) is 2. The van der Waals surface area contributed by atoms with Crippen LogP contribution in [0.15, 0.2) is 18.2 Å². The number of hydrogen-bond acceptors (Lipinski definition) is 4. The Morgan fingerprint density at radius 3 is 2.70 bits per heavy atom. The smallest absolute Gasteiger partial charge is 0.257 e. The zero-order chi connectivity index (χ0) is 14.8. The summed E-state index contributed by atoms with van der Waals surface area (Å²) in [7, 11) is 0. The molecule has 0 atom stereocenters. The third kappa shape index (κ3) is 5.48. The van der Waals surface area contributed by atoms with Gasteiger partial charge in [0.25, 0.3) is 5.91 Å². The molecule has 0 aliphatic carbocycles. The van der Waals surface area contributed by atoms with Crippen LogP contribution in [0.3, 0.4) is 0 Å². The standard InChI is InChI=1S/C15H24N2O3/c1-3-5-8-17-15(18)11-20-13-7-6-12(10-16)9-14(13)19-4-2/h6-7,9H,3-5,8,10-11,16H2,1-2H3,(H,17,18). The lowest BCUT2D eigenvalue weighted by atomic mass is 10.2. The van der Waals surface area contributed by atoms with Crippen LogP contribution in [0.2, 0.25) is 0 Å². The van der Waals surface area contributed by atoms with Crippen molar-refractivity contribution in [2.24, 2.45) is 5.73 Å². The summed E-state index contributed by atoms with van der Waals surface area (Å²) in [5, 5.41) is 2.80. The maximum atomic E-state index is 11.6. The molecule has 0 bridgehead atoms. The minimum atomic E-state index is -0.121. The SMILES string of the molecule is CCCCNC(=O)COc1ccc(CN)cc1OCC. The number of benzene rings is 1. The Morgan fingerprint density at radius 1 is 1.25 bits per heavy atom. The highest BCUT2D eigenvalue weighted by atomic mass is 16.5. The highest BCUT2D eigenvalue weighted by molar-refractivity contribution is 5.77. The molecule has 1 rings (SSSR count). The number of carbonyl (C=O) groups is 1. The zero-order valence-corrected chi connectivity index (χ0v) is 12.3. The predicted molar refractivity (Wildman–Crippen MR) is 78.9 cm³/mol. The second kappa shape index (κ2) is 9.20. The molecule has 0 fully saturated rings. The molecule has 5 nitrogen and oxygen atoms in total. The van der Waals surface area contributed by atoms with Gasteiger partial charge in [0.2, 0.25) is 0 Å². The number of amides is 1. The van der Waals surface area contributed by atoms with Crippen LogP contribution >= 0.6 is 0 Å². The number of unbranched alkanes of at least 4 members (excludes halogenated alkanes) is 1. The third-order valence-electron chi connectivity index (χ3n) is 2.75. The first-order chi connectivity index (χ1) is 9.71. The fraction of sp³-hybridized carbons (Fsp3) is 0.533. The molecule has 20 heavy (non-hydrogen) atoms. The van der Waals surface area contributed by atoms with Crippen molar-refractivity contribution in [2.75, 3.05) is 19.8 Å². The molecular weight excluding hydrogens is 256 g/mol. The van der Waals surface area contributed by atoms with E-state index in [-0.39, 0.29) is 12.5 Å². The number of ether oxygens (including phenoxy) is 2. The van der Waals surface area contributed by atoms with E-state index in [0.717, 1.165) is 18.4 Å².